The SMILES string of the molecule is CCOc1ccc(-c2noc(C3CC(=O)N(c4ccc(CC)cc4)C3)n2)cc1OC. The van der Waals surface area contributed by atoms with Crippen molar-refractivity contribution in [3.63, 3.8) is 0 Å². The average molecular weight is 407 g/mol. The second-order valence-electron chi connectivity index (χ2n) is 7.18. The van der Waals surface area contributed by atoms with Gasteiger partial charge in [0.1, 0.15) is 0 Å². The lowest BCUT2D eigenvalue weighted by molar-refractivity contribution is -0.117. The van der Waals surface area contributed by atoms with Crippen molar-refractivity contribution in [1.82, 2.24) is 10.1 Å². The first-order valence-corrected chi connectivity index (χ1v) is 10.2. The molecule has 0 saturated carbocycles. The molecule has 7 nitrogen and oxygen atoms in total. The van der Waals surface area contributed by atoms with Crippen molar-refractivity contribution in [2.45, 2.75) is 32.6 Å². The van der Waals surface area contributed by atoms with Crippen LogP contribution < -0.4 is 14.4 Å². The summed E-state index contributed by atoms with van der Waals surface area (Å²) in [4.78, 5) is 18.9. The maximum Gasteiger partial charge on any atom is 0.232 e. The summed E-state index contributed by atoms with van der Waals surface area (Å²) in [5, 5.41) is 4.12. The standard InChI is InChI=1S/C23H25N3O4/c1-4-15-6-9-18(10-7-15)26-14-17(13-21(26)27)23-24-22(25-30-23)16-8-11-19(29-5-2)20(12-16)28-3/h6-12,17H,4-5,13-14H2,1-3H3. The second-order valence-corrected chi connectivity index (χ2v) is 7.18. The van der Waals surface area contributed by atoms with Crippen LogP contribution in [0.1, 0.15) is 37.6 Å². The molecule has 1 unspecified atom stereocenters. The highest BCUT2D eigenvalue weighted by molar-refractivity contribution is 5.96. The summed E-state index contributed by atoms with van der Waals surface area (Å²) in [6, 6.07) is 13.6. The van der Waals surface area contributed by atoms with Crippen LogP contribution in [0.2, 0.25) is 0 Å². The third-order valence-corrected chi connectivity index (χ3v) is 5.29. The third-order valence-electron chi connectivity index (χ3n) is 5.29. The Hall–Kier alpha value is -3.35. The van der Waals surface area contributed by atoms with Crippen LogP contribution in [0.25, 0.3) is 11.4 Å². The number of carbonyl (C=O) groups is 1. The molecule has 2 aromatic carbocycles. The van der Waals surface area contributed by atoms with E-state index in [9.17, 15) is 4.79 Å². The van der Waals surface area contributed by atoms with E-state index >= 15 is 0 Å². The number of aromatic nitrogens is 2. The maximum absolute atomic E-state index is 12.6. The molecule has 7 heteroatoms. The smallest absolute Gasteiger partial charge is 0.232 e. The molecule has 1 aliphatic rings. The summed E-state index contributed by atoms with van der Waals surface area (Å²) < 4.78 is 16.5. The molecule has 2 heterocycles. The van der Waals surface area contributed by atoms with Gasteiger partial charge in [-0.2, -0.15) is 4.98 Å². The van der Waals surface area contributed by atoms with Crippen LogP contribution in [0.5, 0.6) is 11.5 Å². The molecule has 1 aliphatic heterocycles. The van der Waals surface area contributed by atoms with Gasteiger partial charge in [-0.25, -0.2) is 0 Å². The highest BCUT2D eigenvalue weighted by atomic mass is 16.5. The fourth-order valence-corrected chi connectivity index (χ4v) is 3.63. The Morgan fingerprint density at radius 1 is 1.13 bits per heavy atom. The van der Waals surface area contributed by atoms with Gasteiger partial charge in [0.25, 0.3) is 0 Å². The van der Waals surface area contributed by atoms with Gasteiger partial charge in [0.2, 0.25) is 17.6 Å². The number of amides is 1. The largest absolute Gasteiger partial charge is 0.493 e. The Morgan fingerprint density at radius 3 is 2.63 bits per heavy atom. The van der Waals surface area contributed by atoms with Crippen molar-refractivity contribution >= 4 is 11.6 Å². The normalized spacial score (nSPS) is 16.2. The predicted molar refractivity (Wildman–Crippen MR) is 113 cm³/mol. The number of benzene rings is 2. The van der Waals surface area contributed by atoms with E-state index in [-0.39, 0.29) is 11.8 Å². The number of anilines is 1. The zero-order valence-corrected chi connectivity index (χ0v) is 17.4. The molecular formula is C23H25N3O4. The van der Waals surface area contributed by atoms with E-state index in [2.05, 4.69) is 29.2 Å². The van der Waals surface area contributed by atoms with E-state index in [0.717, 1.165) is 17.7 Å². The lowest BCUT2D eigenvalue weighted by atomic mass is 10.1. The quantitative estimate of drug-likeness (QED) is 0.583. The molecule has 0 aliphatic carbocycles. The van der Waals surface area contributed by atoms with Gasteiger partial charge in [0, 0.05) is 24.2 Å². The minimum Gasteiger partial charge on any atom is -0.493 e. The van der Waals surface area contributed by atoms with E-state index in [1.165, 1.54) is 5.56 Å². The van der Waals surface area contributed by atoms with Crippen molar-refractivity contribution in [3.8, 4) is 22.9 Å². The van der Waals surface area contributed by atoms with Gasteiger partial charge in [0.15, 0.2) is 11.5 Å². The van der Waals surface area contributed by atoms with E-state index < -0.39 is 0 Å². The van der Waals surface area contributed by atoms with E-state index in [1.807, 2.05) is 37.3 Å². The van der Waals surface area contributed by atoms with Crippen LogP contribution in [0.4, 0.5) is 5.69 Å². The molecule has 4 rings (SSSR count). The number of nitrogens with zero attached hydrogens (tertiary/aromatic N) is 3. The maximum atomic E-state index is 12.6. The molecule has 1 fully saturated rings. The van der Waals surface area contributed by atoms with Crippen molar-refractivity contribution in [2.24, 2.45) is 0 Å². The molecule has 30 heavy (non-hydrogen) atoms. The zero-order chi connectivity index (χ0) is 21.1. The van der Waals surface area contributed by atoms with Crippen LogP contribution in [-0.4, -0.2) is 36.3 Å². The average Bonchev–Trinajstić information content (AvgIpc) is 3.41. The first kappa shape index (κ1) is 19.9. The minimum atomic E-state index is -0.130. The van der Waals surface area contributed by atoms with Gasteiger partial charge in [-0.1, -0.05) is 24.2 Å². The number of aryl methyl sites for hydroxylation is 1. The topological polar surface area (TPSA) is 77.7 Å². The fourth-order valence-electron chi connectivity index (χ4n) is 3.63. The van der Waals surface area contributed by atoms with Crippen molar-refractivity contribution in [3.05, 3.63) is 53.9 Å². The number of hydrogen-bond acceptors (Lipinski definition) is 6. The first-order chi connectivity index (χ1) is 14.6. The summed E-state index contributed by atoms with van der Waals surface area (Å²) in [6.45, 7) is 5.11. The van der Waals surface area contributed by atoms with Gasteiger partial charge in [-0.05, 0) is 49.2 Å². The lowest BCUT2D eigenvalue weighted by Gasteiger charge is -2.16. The van der Waals surface area contributed by atoms with Gasteiger partial charge in [0.05, 0.1) is 19.6 Å². The molecule has 0 N–H and O–H groups in total. The van der Waals surface area contributed by atoms with Crippen molar-refractivity contribution < 1.29 is 18.8 Å². The molecule has 156 valence electrons. The van der Waals surface area contributed by atoms with Gasteiger partial charge in [-0.3, -0.25) is 4.79 Å². The highest BCUT2D eigenvalue weighted by Crippen LogP contribution is 2.34. The fraction of sp³-hybridized carbons (Fsp3) is 0.348. The van der Waals surface area contributed by atoms with Crippen LogP contribution in [0.3, 0.4) is 0 Å². The van der Waals surface area contributed by atoms with Gasteiger partial charge >= 0.3 is 0 Å². The molecule has 1 aromatic heterocycles. The Labute approximate surface area is 175 Å². The Balaban J connectivity index is 1.52. The molecule has 0 bridgehead atoms. The van der Waals surface area contributed by atoms with Crippen LogP contribution >= 0.6 is 0 Å². The first-order valence-electron chi connectivity index (χ1n) is 10.2. The number of hydrogen-bond donors (Lipinski definition) is 0. The number of rotatable bonds is 7. The van der Waals surface area contributed by atoms with E-state index in [1.54, 1.807) is 12.0 Å². The zero-order valence-electron chi connectivity index (χ0n) is 17.4. The summed E-state index contributed by atoms with van der Waals surface area (Å²) in [7, 11) is 1.59. The Morgan fingerprint density at radius 2 is 1.93 bits per heavy atom. The molecule has 3 aromatic rings. The monoisotopic (exact) mass is 407 g/mol. The number of carbonyl (C=O) groups excluding carboxylic acids is 1. The van der Waals surface area contributed by atoms with E-state index in [4.69, 9.17) is 14.0 Å². The second kappa shape index (κ2) is 8.57. The summed E-state index contributed by atoms with van der Waals surface area (Å²) in [5.41, 5.74) is 2.91. The van der Waals surface area contributed by atoms with Crippen molar-refractivity contribution in [2.75, 3.05) is 25.2 Å². The van der Waals surface area contributed by atoms with Crippen LogP contribution in [0.15, 0.2) is 47.0 Å². The molecule has 1 saturated heterocycles. The Bertz CT molecular complexity index is 1030. The molecule has 0 spiro atoms. The summed E-state index contributed by atoms with van der Waals surface area (Å²) in [6.07, 6.45) is 1.32. The van der Waals surface area contributed by atoms with E-state index in [0.29, 0.717) is 42.8 Å². The molecule has 1 atom stereocenters. The van der Waals surface area contributed by atoms with Crippen LogP contribution in [0, 0.1) is 0 Å². The van der Waals surface area contributed by atoms with Crippen LogP contribution in [-0.2, 0) is 11.2 Å². The number of ether oxygens (including phenoxy) is 2. The minimum absolute atomic E-state index is 0.0618. The molecular weight excluding hydrogens is 382 g/mol. The summed E-state index contributed by atoms with van der Waals surface area (Å²) in [5.74, 6) is 2.14. The summed E-state index contributed by atoms with van der Waals surface area (Å²) >= 11 is 0. The van der Waals surface area contributed by atoms with Gasteiger partial charge < -0.3 is 18.9 Å². The lowest BCUT2D eigenvalue weighted by Crippen LogP contribution is -2.24. The predicted octanol–water partition coefficient (Wildman–Crippen LogP) is 4.23. The highest BCUT2D eigenvalue weighted by Gasteiger charge is 2.35. The molecule has 1 amide bonds. The number of methoxy groups -OCH3 is 1. The van der Waals surface area contributed by atoms with Crippen molar-refractivity contribution in [1.29, 1.82) is 0 Å². The third kappa shape index (κ3) is 3.87. The van der Waals surface area contributed by atoms with Gasteiger partial charge in [-0.15, -0.1) is 0 Å². The molecule has 0 radical (unpaired) electrons. The Kier molecular flexibility index (Phi) is 5.70.